The summed E-state index contributed by atoms with van der Waals surface area (Å²) in [5.74, 6) is -0.321. The van der Waals surface area contributed by atoms with Crippen molar-refractivity contribution >= 4 is 45.8 Å². The first-order valence-electron chi connectivity index (χ1n) is 6.77. The third-order valence-electron chi connectivity index (χ3n) is 3.12. The van der Waals surface area contributed by atoms with Crippen LogP contribution in [0.5, 0.6) is 0 Å². The van der Waals surface area contributed by atoms with Crippen molar-refractivity contribution < 1.29 is 9.63 Å². The zero-order valence-corrected chi connectivity index (χ0v) is 13.5. The van der Waals surface area contributed by atoms with Gasteiger partial charge < -0.3 is 10.2 Å². The van der Waals surface area contributed by atoms with Crippen molar-refractivity contribution in [3.05, 3.63) is 52.5 Å². The van der Waals surface area contributed by atoms with Crippen LogP contribution in [0.3, 0.4) is 0 Å². The van der Waals surface area contributed by atoms with Gasteiger partial charge in [0, 0.05) is 15.7 Å². The summed E-state index contributed by atoms with van der Waals surface area (Å²) in [7, 11) is 0. The van der Waals surface area contributed by atoms with Gasteiger partial charge in [-0.25, -0.2) is 0 Å². The van der Waals surface area contributed by atoms with Gasteiger partial charge in [-0.1, -0.05) is 28.0 Å². The van der Waals surface area contributed by atoms with Gasteiger partial charge in [-0.3, -0.25) is 4.79 Å². The lowest BCUT2D eigenvalue weighted by Crippen LogP contribution is -2.35. The third kappa shape index (κ3) is 3.55. The van der Waals surface area contributed by atoms with E-state index in [1.54, 1.807) is 49.4 Å². The minimum Gasteiger partial charge on any atom is -0.382 e. The Morgan fingerprint density at radius 1 is 1.17 bits per heavy atom. The van der Waals surface area contributed by atoms with Crippen LogP contribution in [0, 0.1) is 0 Å². The molecule has 0 spiro atoms. The van der Waals surface area contributed by atoms with Crippen molar-refractivity contribution in [1.82, 2.24) is 15.2 Å². The first-order chi connectivity index (χ1) is 11.0. The molecule has 0 saturated heterocycles. The van der Waals surface area contributed by atoms with Crippen molar-refractivity contribution in [1.29, 1.82) is 0 Å². The van der Waals surface area contributed by atoms with Gasteiger partial charge in [-0.15, -0.1) is 5.10 Å². The van der Waals surface area contributed by atoms with Crippen LogP contribution in [0.25, 0.3) is 11.0 Å². The van der Waals surface area contributed by atoms with E-state index < -0.39 is 6.10 Å². The zero-order valence-electron chi connectivity index (χ0n) is 12.0. The molecule has 0 aliphatic rings. The summed E-state index contributed by atoms with van der Waals surface area (Å²) in [6.07, 6.45) is -0.783. The van der Waals surface area contributed by atoms with E-state index in [4.69, 9.17) is 28.0 Å². The maximum Gasteiger partial charge on any atom is 0.267 e. The summed E-state index contributed by atoms with van der Waals surface area (Å²) < 4.78 is 0. The molecule has 6 nitrogen and oxygen atoms in total. The van der Waals surface area contributed by atoms with Gasteiger partial charge in [0.2, 0.25) is 6.10 Å². The molecule has 3 rings (SSSR count). The summed E-state index contributed by atoms with van der Waals surface area (Å²) in [6.45, 7) is 1.61. The highest BCUT2D eigenvalue weighted by atomic mass is 35.5. The maximum absolute atomic E-state index is 12.2. The summed E-state index contributed by atoms with van der Waals surface area (Å²) in [5, 5.41) is 11.7. The van der Waals surface area contributed by atoms with E-state index in [1.807, 2.05) is 0 Å². The summed E-state index contributed by atoms with van der Waals surface area (Å²) in [5.41, 5.74) is 1.84. The summed E-state index contributed by atoms with van der Waals surface area (Å²) in [6, 6.07) is 11.9. The number of rotatable bonds is 4. The second-order valence-electron chi connectivity index (χ2n) is 4.84. The predicted octanol–water partition coefficient (Wildman–Crippen LogP) is 3.19. The fraction of sp³-hybridized carbons (Fsp3) is 0.133. The Kier molecular flexibility index (Phi) is 4.36. The van der Waals surface area contributed by atoms with Crippen LogP contribution in [0.2, 0.25) is 10.0 Å². The van der Waals surface area contributed by atoms with E-state index in [2.05, 4.69) is 15.6 Å². The van der Waals surface area contributed by atoms with Crippen LogP contribution >= 0.6 is 23.2 Å². The highest BCUT2D eigenvalue weighted by Crippen LogP contribution is 2.17. The van der Waals surface area contributed by atoms with Crippen LogP contribution in [0.1, 0.15) is 6.92 Å². The Morgan fingerprint density at radius 2 is 1.87 bits per heavy atom. The standard InChI is InChI=1S/C15H12Cl2N4O2/c1-9(15(22)18-12-5-2-10(16)3-6-12)23-21-14-8-11(17)4-7-13(14)19-20-21/h2-9H,1H3,(H,18,22)/t9-/m1/s1. The Hall–Kier alpha value is -2.31. The molecular formula is C15H12Cl2N4O2. The number of nitrogens with one attached hydrogen (secondary N) is 1. The summed E-state index contributed by atoms with van der Waals surface area (Å²) in [4.78, 5) is 18.9. The van der Waals surface area contributed by atoms with Gasteiger partial charge in [0.1, 0.15) is 11.0 Å². The number of halogens is 2. The number of benzene rings is 2. The zero-order chi connectivity index (χ0) is 16.4. The van der Waals surface area contributed by atoms with Crippen LogP contribution in [-0.4, -0.2) is 27.2 Å². The number of carbonyl (C=O) groups is 1. The van der Waals surface area contributed by atoms with Gasteiger partial charge in [-0.2, -0.15) is 0 Å². The van der Waals surface area contributed by atoms with Crippen molar-refractivity contribution in [2.45, 2.75) is 13.0 Å². The number of fused-ring (bicyclic) bond motifs is 1. The molecule has 3 aromatic rings. The topological polar surface area (TPSA) is 69.0 Å². The molecule has 1 atom stereocenters. The molecule has 1 N–H and O–H groups in total. The molecule has 8 heteroatoms. The molecule has 2 aromatic carbocycles. The number of hydrogen-bond acceptors (Lipinski definition) is 4. The van der Waals surface area contributed by atoms with Crippen LogP contribution < -0.4 is 10.2 Å². The predicted molar refractivity (Wildman–Crippen MR) is 88.7 cm³/mol. The second-order valence-corrected chi connectivity index (χ2v) is 5.71. The quantitative estimate of drug-likeness (QED) is 0.784. The van der Waals surface area contributed by atoms with E-state index in [1.165, 1.54) is 4.85 Å². The Labute approximate surface area is 141 Å². The molecule has 0 fully saturated rings. The lowest BCUT2D eigenvalue weighted by Gasteiger charge is -2.13. The molecule has 118 valence electrons. The molecule has 0 saturated carbocycles. The largest absolute Gasteiger partial charge is 0.382 e. The minimum atomic E-state index is -0.783. The van der Waals surface area contributed by atoms with Gasteiger partial charge in [-0.05, 0) is 54.6 Å². The monoisotopic (exact) mass is 350 g/mol. The number of anilines is 1. The first kappa shape index (κ1) is 15.6. The fourth-order valence-electron chi connectivity index (χ4n) is 1.92. The molecule has 0 radical (unpaired) electrons. The first-order valence-corrected chi connectivity index (χ1v) is 7.53. The van der Waals surface area contributed by atoms with Crippen LogP contribution in [0.15, 0.2) is 42.5 Å². The minimum absolute atomic E-state index is 0.321. The normalized spacial score (nSPS) is 12.1. The lowest BCUT2D eigenvalue weighted by atomic mass is 10.3. The number of aromatic nitrogens is 3. The molecule has 23 heavy (non-hydrogen) atoms. The average molecular weight is 351 g/mol. The maximum atomic E-state index is 12.2. The number of carbonyl (C=O) groups excluding carboxylic acids is 1. The van der Waals surface area contributed by atoms with E-state index >= 15 is 0 Å². The smallest absolute Gasteiger partial charge is 0.267 e. The summed E-state index contributed by atoms with van der Waals surface area (Å²) >= 11 is 11.8. The Balaban J connectivity index is 1.72. The van der Waals surface area contributed by atoms with E-state index in [9.17, 15) is 4.79 Å². The Bertz CT molecular complexity index is 848. The van der Waals surface area contributed by atoms with Crippen LogP contribution in [-0.2, 0) is 4.79 Å². The number of hydrogen-bond donors (Lipinski definition) is 1. The van der Waals surface area contributed by atoms with Crippen molar-refractivity contribution in [2.75, 3.05) is 5.32 Å². The number of nitrogens with zero attached hydrogens (tertiary/aromatic N) is 3. The van der Waals surface area contributed by atoms with Crippen molar-refractivity contribution in [3.63, 3.8) is 0 Å². The molecule has 1 heterocycles. The van der Waals surface area contributed by atoms with Gasteiger partial charge in [0.25, 0.3) is 5.91 Å². The number of amides is 1. The lowest BCUT2D eigenvalue weighted by molar-refractivity contribution is -0.127. The molecule has 0 bridgehead atoms. The molecular weight excluding hydrogens is 339 g/mol. The highest BCUT2D eigenvalue weighted by Gasteiger charge is 2.17. The van der Waals surface area contributed by atoms with E-state index in [0.717, 1.165) is 0 Å². The van der Waals surface area contributed by atoms with Gasteiger partial charge in [0.15, 0.2) is 0 Å². The van der Waals surface area contributed by atoms with Gasteiger partial charge in [0.05, 0.1) is 0 Å². The molecule has 0 aliphatic heterocycles. The molecule has 1 aromatic heterocycles. The second kappa shape index (κ2) is 6.44. The van der Waals surface area contributed by atoms with Crippen molar-refractivity contribution in [2.24, 2.45) is 0 Å². The van der Waals surface area contributed by atoms with E-state index in [-0.39, 0.29) is 5.91 Å². The molecule has 0 aliphatic carbocycles. The SMILES string of the molecule is C[C@@H](On1nnc2ccc(Cl)cc21)C(=O)Nc1ccc(Cl)cc1. The highest BCUT2D eigenvalue weighted by molar-refractivity contribution is 6.31. The fourth-order valence-corrected chi connectivity index (χ4v) is 2.22. The molecule has 0 unspecified atom stereocenters. The van der Waals surface area contributed by atoms with Crippen LogP contribution in [0.4, 0.5) is 5.69 Å². The van der Waals surface area contributed by atoms with E-state index in [0.29, 0.717) is 26.8 Å². The Morgan fingerprint density at radius 3 is 2.61 bits per heavy atom. The van der Waals surface area contributed by atoms with Crippen molar-refractivity contribution in [3.8, 4) is 0 Å². The van der Waals surface area contributed by atoms with Gasteiger partial charge >= 0.3 is 0 Å². The average Bonchev–Trinajstić information content (AvgIpc) is 2.91. The third-order valence-corrected chi connectivity index (χ3v) is 3.60. The molecule has 1 amide bonds.